The van der Waals surface area contributed by atoms with Crippen LogP contribution in [-0.4, -0.2) is 68.3 Å². The number of aromatic nitrogens is 4. The van der Waals surface area contributed by atoms with Gasteiger partial charge in [-0.25, -0.2) is 9.97 Å². The maximum atomic E-state index is 10.7. The number of nitrogens with one attached hydrogen (secondary N) is 2. The number of aliphatic hydroxyl groups excluding tert-OH is 1. The minimum Gasteiger partial charge on any atom is -0.373 e. The number of aliphatic hydroxyl groups is 1. The lowest BCUT2D eigenvalue weighted by atomic mass is 10.1. The fourth-order valence-corrected chi connectivity index (χ4v) is 5.57. The quantitative estimate of drug-likeness (QED) is 0.499. The van der Waals surface area contributed by atoms with E-state index in [9.17, 15) is 5.11 Å². The first kappa shape index (κ1) is 23.6. The zero-order chi connectivity index (χ0) is 24.5. The van der Waals surface area contributed by atoms with Crippen LogP contribution in [0.5, 0.6) is 0 Å². The fraction of sp³-hybridized carbons (Fsp3) is 0.593. The first-order valence-electron chi connectivity index (χ1n) is 13.6. The summed E-state index contributed by atoms with van der Waals surface area (Å²) >= 11 is 0. The van der Waals surface area contributed by atoms with Crippen molar-refractivity contribution in [1.29, 1.82) is 0 Å². The monoisotopic (exact) mass is 490 g/mol. The summed E-state index contributed by atoms with van der Waals surface area (Å²) in [4.78, 5) is 19.1. The molecule has 1 aliphatic carbocycles. The Morgan fingerprint density at radius 1 is 1.06 bits per heavy atom. The maximum absolute atomic E-state index is 10.7. The number of nitrogens with zero attached hydrogens (tertiary/aromatic N) is 6. The van der Waals surface area contributed by atoms with Gasteiger partial charge >= 0.3 is 0 Å². The molecule has 0 bridgehead atoms. The molecule has 0 aromatic carbocycles. The molecule has 3 N–H and O–H groups in total. The van der Waals surface area contributed by atoms with Crippen LogP contribution in [0.2, 0.25) is 0 Å². The van der Waals surface area contributed by atoms with Gasteiger partial charge in [0, 0.05) is 50.3 Å². The van der Waals surface area contributed by atoms with Crippen molar-refractivity contribution >= 4 is 28.5 Å². The maximum Gasteiger partial charge on any atom is 0.230 e. The molecule has 5 heterocycles. The van der Waals surface area contributed by atoms with E-state index in [0.29, 0.717) is 12.0 Å². The molecule has 9 heteroatoms. The van der Waals surface area contributed by atoms with E-state index in [0.717, 1.165) is 79.7 Å². The van der Waals surface area contributed by atoms with Crippen LogP contribution in [0.3, 0.4) is 0 Å². The van der Waals surface area contributed by atoms with Gasteiger partial charge in [0.15, 0.2) is 0 Å². The van der Waals surface area contributed by atoms with Crippen LogP contribution in [0, 0.1) is 5.92 Å². The lowest BCUT2D eigenvalue weighted by Gasteiger charge is -2.41. The van der Waals surface area contributed by atoms with Crippen LogP contribution in [0.25, 0.3) is 11.0 Å². The number of pyridine rings is 1. The Labute approximate surface area is 212 Å². The van der Waals surface area contributed by atoms with Crippen LogP contribution in [-0.2, 0) is 6.54 Å². The van der Waals surface area contributed by atoms with Gasteiger partial charge in [-0.05, 0) is 63.3 Å². The molecule has 0 spiro atoms. The number of piperazine rings is 1. The number of hydrogen-bond acceptors (Lipinski definition) is 8. The van der Waals surface area contributed by atoms with E-state index in [1.165, 1.54) is 32.2 Å². The third-order valence-electron chi connectivity index (χ3n) is 7.90. The second-order valence-corrected chi connectivity index (χ2v) is 10.7. The summed E-state index contributed by atoms with van der Waals surface area (Å²) in [6.45, 7) is 8.48. The third kappa shape index (κ3) is 5.19. The Bertz CT molecular complexity index is 1170. The molecule has 2 fully saturated rings. The van der Waals surface area contributed by atoms with Crippen molar-refractivity contribution < 1.29 is 5.11 Å². The second-order valence-electron chi connectivity index (χ2n) is 10.7. The van der Waals surface area contributed by atoms with E-state index in [-0.39, 0.29) is 0 Å². The predicted octanol–water partition coefficient (Wildman–Crippen LogP) is 3.64. The highest BCUT2D eigenvalue weighted by Gasteiger charge is 2.30. The molecule has 1 saturated carbocycles. The number of fused-ring (bicyclic) bond motifs is 3. The topological polar surface area (TPSA) is 94.4 Å². The lowest BCUT2D eigenvalue weighted by molar-refractivity contribution is 0.129. The summed E-state index contributed by atoms with van der Waals surface area (Å²) in [7, 11) is 0. The Kier molecular flexibility index (Phi) is 6.77. The molecule has 3 aromatic rings. The SMILES string of the molecule is C[C@H]1CN(c2ccc(Nc3ncc4cc5n(c4n3)CCCCCCNC5O)nc2)CCN1CC1CC1. The minimum atomic E-state index is -0.693. The van der Waals surface area contributed by atoms with Gasteiger partial charge < -0.3 is 19.9 Å². The minimum absolute atomic E-state index is 0.519. The smallest absolute Gasteiger partial charge is 0.230 e. The highest BCUT2D eigenvalue weighted by Crippen LogP contribution is 2.31. The molecule has 0 radical (unpaired) electrons. The van der Waals surface area contributed by atoms with Crippen molar-refractivity contribution in [3.8, 4) is 0 Å². The highest BCUT2D eigenvalue weighted by molar-refractivity contribution is 5.78. The first-order chi connectivity index (χ1) is 17.6. The molecule has 1 saturated heterocycles. The van der Waals surface area contributed by atoms with Crippen molar-refractivity contribution in [1.82, 2.24) is 29.7 Å². The number of hydrogen-bond donors (Lipinski definition) is 3. The molecule has 6 rings (SSSR count). The fourth-order valence-electron chi connectivity index (χ4n) is 5.57. The van der Waals surface area contributed by atoms with Gasteiger partial charge in [-0.3, -0.25) is 10.2 Å². The van der Waals surface area contributed by atoms with Crippen LogP contribution < -0.4 is 15.5 Å². The van der Waals surface area contributed by atoms with Gasteiger partial charge in [0.05, 0.1) is 17.6 Å². The van der Waals surface area contributed by atoms with Crippen LogP contribution in [0.1, 0.15) is 57.4 Å². The summed E-state index contributed by atoms with van der Waals surface area (Å²) in [6.07, 6.45) is 10.4. The van der Waals surface area contributed by atoms with E-state index < -0.39 is 6.23 Å². The van der Waals surface area contributed by atoms with Crippen molar-refractivity contribution in [2.75, 3.05) is 42.9 Å². The van der Waals surface area contributed by atoms with Crippen LogP contribution in [0.15, 0.2) is 30.6 Å². The van der Waals surface area contributed by atoms with Crippen molar-refractivity contribution in [3.63, 3.8) is 0 Å². The summed E-state index contributed by atoms with van der Waals surface area (Å²) in [5.41, 5.74) is 2.86. The molecule has 9 nitrogen and oxygen atoms in total. The average Bonchev–Trinajstić information content (AvgIpc) is 3.64. The Morgan fingerprint density at radius 3 is 2.75 bits per heavy atom. The number of rotatable bonds is 5. The van der Waals surface area contributed by atoms with E-state index >= 15 is 0 Å². The molecule has 2 aliphatic heterocycles. The normalized spacial score (nSPS) is 24.0. The Hall–Kier alpha value is -2.75. The lowest BCUT2D eigenvalue weighted by Crippen LogP contribution is -2.52. The van der Waals surface area contributed by atoms with E-state index in [1.54, 1.807) is 0 Å². The third-order valence-corrected chi connectivity index (χ3v) is 7.90. The molecule has 36 heavy (non-hydrogen) atoms. The Morgan fingerprint density at radius 2 is 1.94 bits per heavy atom. The Balaban J connectivity index is 1.15. The van der Waals surface area contributed by atoms with Crippen LogP contribution in [0.4, 0.5) is 17.5 Å². The summed E-state index contributed by atoms with van der Waals surface area (Å²) in [5.74, 6) is 2.19. The van der Waals surface area contributed by atoms with Gasteiger partial charge in [-0.2, -0.15) is 4.98 Å². The average molecular weight is 491 g/mol. The van der Waals surface area contributed by atoms with Gasteiger partial charge in [0.2, 0.25) is 5.95 Å². The standard InChI is InChI=1S/C27H38N8O/c1-19-17-34(13-12-33(19)18-20-6-7-20)22-8-9-24(29-16-22)31-27-30-15-21-14-23-26(36)28-10-4-2-3-5-11-35(23)25(21)32-27/h8-9,14-16,19-20,26,28,36H,2-7,10-13,17-18H2,1H3,(H,29,30,31,32)/t19-,26?/m0/s1. The molecule has 1 unspecified atom stereocenters. The predicted molar refractivity (Wildman–Crippen MR) is 142 cm³/mol. The van der Waals surface area contributed by atoms with E-state index in [1.807, 2.05) is 24.5 Å². The molecular formula is C27H38N8O. The molecular weight excluding hydrogens is 452 g/mol. The van der Waals surface area contributed by atoms with Gasteiger partial charge in [-0.15, -0.1) is 0 Å². The zero-order valence-electron chi connectivity index (χ0n) is 21.2. The first-order valence-corrected chi connectivity index (χ1v) is 13.6. The largest absolute Gasteiger partial charge is 0.373 e. The summed E-state index contributed by atoms with van der Waals surface area (Å²) < 4.78 is 2.13. The van der Waals surface area contributed by atoms with Crippen molar-refractivity contribution in [3.05, 3.63) is 36.3 Å². The van der Waals surface area contributed by atoms with Crippen molar-refractivity contribution in [2.45, 2.75) is 64.3 Å². The van der Waals surface area contributed by atoms with E-state index in [2.05, 4.69) is 48.0 Å². The van der Waals surface area contributed by atoms with Gasteiger partial charge in [0.1, 0.15) is 17.7 Å². The number of anilines is 3. The molecule has 3 aliphatic rings. The van der Waals surface area contributed by atoms with E-state index in [4.69, 9.17) is 4.98 Å². The highest BCUT2D eigenvalue weighted by atomic mass is 16.3. The molecule has 2 atom stereocenters. The molecule has 192 valence electrons. The number of aryl methyl sites for hydroxylation is 1. The van der Waals surface area contributed by atoms with Gasteiger partial charge in [-0.1, -0.05) is 12.8 Å². The van der Waals surface area contributed by atoms with Gasteiger partial charge in [0.25, 0.3) is 0 Å². The second kappa shape index (κ2) is 10.3. The van der Waals surface area contributed by atoms with Crippen molar-refractivity contribution in [2.24, 2.45) is 5.92 Å². The molecule has 0 amide bonds. The summed E-state index contributed by atoms with van der Waals surface area (Å²) in [5, 5.41) is 18.1. The molecule has 3 aromatic heterocycles. The van der Waals surface area contributed by atoms with Crippen LogP contribution >= 0.6 is 0 Å². The zero-order valence-corrected chi connectivity index (χ0v) is 21.2. The summed E-state index contributed by atoms with van der Waals surface area (Å²) in [6, 6.07) is 6.71.